The van der Waals surface area contributed by atoms with E-state index < -0.39 is 5.91 Å². The summed E-state index contributed by atoms with van der Waals surface area (Å²) in [5, 5.41) is 13.8. The lowest BCUT2D eigenvalue weighted by atomic mass is 10.2. The zero-order valence-corrected chi connectivity index (χ0v) is 12.8. The maximum atomic E-state index is 11.6. The van der Waals surface area contributed by atoms with Gasteiger partial charge < -0.3 is 9.84 Å². The maximum absolute atomic E-state index is 11.6. The smallest absolute Gasteiger partial charge is 0.277 e. The molecular weight excluding hydrogens is 327 g/mol. The molecule has 0 aliphatic carbocycles. The first-order valence-corrected chi connectivity index (χ1v) is 7.00. The summed E-state index contributed by atoms with van der Waals surface area (Å²) >= 11 is 11.8. The fraction of sp³-hybridized carbons (Fsp3) is 0.0667. The van der Waals surface area contributed by atoms with Crippen LogP contribution in [0.15, 0.2) is 47.6 Å². The van der Waals surface area contributed by atoms with E-state index >= 15 is 0 Å². The first kappa shape index (κ1) is 16.1. The number of nitrogens with zero attached hydrogens (tertiary/aromatic N) is 1. The van der Waals surface area contributed by atoms with Gasteiger partial charge in [-0.1, -0.05) is 41.4 Å². The monoisotopic (exact) mass is 338 g/mol. The summed E-state index contributed by atoms with van der Waals surface area (Å²) in [6.45, 7) is -0.266. The van der Waals surface area contributed by atoms with E-state index in [1.807, 2.05) is 0 Å². The van der Waals surface area contributed by atoms with E-state index in [0.29, 0.717) is 16.3 Å². The Labute approximate surface area is 137 Å². The highest BCUT2D eigenvalue weighted by Gasteiger charge is 2.07. The van der Waals surface area contributed by atoms with Crippen molar-refractivity contribution in [3.8, 4) is 11.5 Å². The van der Waals surface area contributed by atoms with Gasteiger partial charge in [0.05, 0.1) is 11.2 Å². The van der Waals surface area contributed by atoms with E-state index in [0.717, 1.165) is 0 Å². The predicted octanol–water partition coefficient (Wildman–Crippen LogP) is 3.23. The minimum Gasteiger partial charge on any atom is -0.507 e. The Balaban J connectivity index is 1.86. The lowest BCUT2D eigenvalue weighted by molar-refractivity contribution is -0.123. The SMILES string of the molecule is O=C(COc1cccc(Cl)c1Cl)N/N=C\c1ccccc1O. The first-order chi connectivity index (χ1) is 10.6. The van der Waals surface area contributed by atoms with E-state index in [9.17, 15) is 9.90 Å². The quantitative estimate of drug-likeness (QED) is 0.649. The van der Waals surface area contributed by atoms with Crippen molar-refractivity contribution in [3.05, 3.63) is 58.1 Å². The molecule has 7 heteroatoms. The molecule has 0 aromatic heterocycles. The van der Waals surface area contributed by atoms with Crippen molar-refractivity contribution in [2.75, 3.05) is 6.61 Å². The molecule has 0 aliphatic heterocycles. The number of rotatable bonds is 5. The number of hydrogen-bond acceptors (Lipinski definition) is 4. The van der Waals surface area contributed by atoms with Gasteiger partial charge in [-0.15, -0.1) is 0 Å². The van der Waals surface area contributed by atoms with E-state index in [2.05, 4.69) is 10.5 Å². The molecular formula is C15H12Cl2N2O3. The average molecular weight is 339 g/mol. The molecule has 2 aromatic rings. The Bertz CT molecular complexity index is 705. The number of ether oxygens (including phenoxy) is 1. The molecule has 0 unspecified atom stereocenters. The number of hydrazone groups is 1. The van der Waals surface area contributed by atoms with Crippen molar-refractivity contribution in [1.82, 2.24) is 5.43 Å². The molecule has 0 spiro atoms. The van der Waals surface area contributed by atoms with Gasteiger partial charge in [0, 0.05) is 5.56 Å². The number of halogens is 2. The normalized spacial score (nSPS) is 10.6. The van der Waals surface area contributed by atoms with E-state index in [-0.39, 0.29) is 17.4 Å². The molecule has 22 heavy (non-hydrogen) atoms. The topological polar surface area (TPSA) is 70.9 Å². The molecule has 0 saturated carbocycles. The van der Waals surface area contributed by atoms with Gasteiger partial charge in [-0.05, 0) is 24.3 Å². The molecule has 2 aromatic carbocycles. The van der Waals surface area contributed by atoms with E-state index in [4.69, 9.17) is 27.9 Å². The fourth-order valence-electron chi connectivity index (χ4n) is 1.54. The largest absolute Gasteiger partial charge is 0.507 e. The second kappa shape index (κ2) is 7.68. The van der Waals surface area contributed by atoms with Crippen LogP contribution in [0.2, 0.25) is 10.0 Å². The third-order valence-corrected chi connectivity index (χ3v) is 3.41. The van der Waals surface area contributed by atoms with Crippen LogP contribution in [-0.4, -0.2) is 23.8 Å². The second-order valence-corrected chi connectivity index (χ2v) is 4.98. The van der Waals surface area contributed by atoms with Gasteiger partial charge in [-0.3, -0.25) is 4.79 Å². The molecule has 5 nitrogen and oxygen atoms in total. The highest BCUT2D eigenvalue weighted by molar-refractivity contribution is 6.42. The molecule has 0 fully saturated rings. The molecule has 0 aliphatic rings. The summed E-state index contributed by atoms with van der Waals surface area (Å²) in [5.74, 6) is -0.0841. The van der Waals surface area contributed by atoms with Crippen LogP contribution >= 0.6 is 23.2 Å². The number of aromatic hydroxyl groups is 1. The molecule has 0 atom stereocenters. The summed E-state index contributed by atoms with van der Waals surface area (Å²) in [4.78, 5) is 11.6. The first-order valence-electron chi connectivity index (χ1n) is 6.24. The molecule has 1 amide bonds. The third-order valence-electron chi connectivity index (χ3n) is 2.60. The summed E-state index contributed by atoms with van der Waals surface area (Å²) in [5.41, 5.74) is 2.77. The number of carbonyl (C=O) groups is 1. The third kappa shape index (κ3) is 4.38. The second-order valence-electron chi connectivity index (χ2n) is 4.19. The van der Waals surface area contributed by atoms with Gasteiger partial charge in [-0.25, -0.2) is 5.43 Å². The Kier molecular flexibility index (Phi) is 5.63. The van der Waals surface area contributed by atoms with E-state index in [1.54, 1.807) is 36.4 Å². The summed E-state index contributed by atoms with van der Waals surface area (Å²) in [7, 11) is 0. The standard InChI is InChI=1S/C15H12Cl2N2O3/c16-11-5-3-7-13(15(11)17)22-9-14(21)19-18-8-10-4-1-2-6-12(10)20/h1-8,20H,9H2,(H,19,21)/b18-8-. The lowest BCUT2D eigenvalue weighted by Gasteiger charge is -2.07. The van der Waals surface area contributed by atoms with Crippen molar-refractivity contribution in [1.29, 1.82) is 0 Å². The van der Waals surface area contributed by atoms with Crippen LogP contribution in [-0.2, 0) is 4.79 Å². The number of phenols is 1. The van der Waals surface area contributed by atoms with Crippen LogP contribution in [0.3, 0.4) is 0 Å². The Morgan fingerprint density at radius 3 is 2.77 bits per heavy atom. The van der Waals surface area contributed by atoms with Gasteiger partial charge in [0.2, 0.25) is 0 Å². The Hall–Kier alpha value is -2.24. The molecule has 0 saturated heterocycles. The number of carbonyl (C=O) groups excluding carboxylic acids is 1. The Morgan fingerprint density at radius 1 is 1.23 bits per heavy atom. The van der Waals surface area contributed by atoms with Crippen LogP contribution in [0, 0.1) is 0 Å². The van der Waals surface area contributed by atoms with Crippen molar-refractivity contribution in [3.63, 3.8) is 0 Å². The zero-order valence-electron chi connectivity index (χ0n) is 11.3. The van der Waals surface area contributed by atoms with Crippen molar-refractivity contribution < 1.29 is 14.6 Å². The van der Waals surface area contributed by atoms with Crippen LogP contribution in [0.25, 0.3) is 0 Å². The number of nitrogens with one attached hydrogen (secondary N) is 1. The average Bonchev–Trinajstić information content (AvgIpc) is 2.51. The summed E-state index contributed by atoms with van der Waals surface area (Å²) in [6.07, 6.45) is 1.33. The summed E-state index contributed by atoms with van der Waals surface area (Å²) in [6, 6.07) is 11.5. The number of benzene rings is 2. The van der Waals surface area contributed by atoms with Gasteiger partial charge in [0.25, 0.3) is 5.91 Å². The molecule has 0 bridgehead atoms. The molecule has 0 radical (unpaired) electrons. The fourth-order valence-corrected chi connectivity index (χ4v) is 1.89. The number of para-hydroxylation sites is 1. The minimum absolute atomic E-state index is 0.0717. The van der Waals surface area contributed by atoms with Gasteiger partial charge in [0.15, 0.2) is 6.61 Å². The highest BCUT2D eigenvalue weighted by atomic mass is 35.5. The molecule has 0 heterocycles. The number of phenolic OH excluding ortho intramolecular Hbond substituents is 1. The maximum Gasteiger partial charge on any atom is 0.277 e. The van der Waals surface area contributed by atoms with Gasteiger partial charge in [-0.2, -0.15) is 5.10 Å². The van der Waals surface area contributed by atoms with Gasteiger partial charge in [0.1, 0.15) is 16.5 Å². The highest BCUT2D eigenvalue weighted by Crippen LogP contribution is 2.31. The van der Waals surface area contributed by atoms with Crippen molar-refractivity contribution >= 4 is 35.3 Å². The van der Waals surface area contributed by atoms with Gasteiger partial charge >= 0.3 is 0 Å². The Morgan fingerprint density at radius 2 is 2.00 bits per heavy atom. The van der Waals surface area contributed by atoms with Crippen LogP contribution in [0.5, 0.6) is 11.5 Å². The van der Waals surface area contributed by atoms with Crippen LogP contribution in [0.4, 0.5) is 0 Å². The van der Waals surface area contributed by atoms with Crippen molar-refractivity contribution in [2.45, 2.75) is 0 Å². The summed E-state index contributed by atoms with van der Waals surface area (Å²) < 4.78 is 5.25. The number of hydrogen-bond donors (Lipinski definition) is 2. The molecule has 2 rings (SSSR count). The van der Waals surface area contributed by atoms with Crippen LogP contribution in [0.1, 0.15) is 5.56 Å². The molecule has 2 N–H and O–H groups in total. The number of amides is 1. The zero-order chi connectivity index (χ0) is 15.9. The predicted molar refractivity (Wildman–Crippen MR) is 85.8 cm³/mol. The van der Waals surface area contributed by atoms with Crippen molar-refractivity contribution in [2.24, 2.45) is 5.10 Å². The lowest BCUT2D eigenvalue weighted by Crippen LogP contribution is -2.24. The minimum atomic E-state index is -0.470. The van der Waals surface area contributed by atoms with Crippen LogP contribution < -0.4 is 10.2 Å². The molecule has 114 valence electrons. The van der Waals surface area contributed by atoms with E-state index in [1.165, 1.54) is 12.3 Å².